The largest absolute Gasteiger partial charge is 0.350 e. The van der Waals surface area contributed by atoms with Crippen molar-refractivity contribution in [2.75, 3.05) is 6.54 Å². The van der Waals surface area contributed by atoms with E-state index in [1.165, 1.54) is 5.56 Å². The van der Waals surface area contributed by atoms with Crippen LogP contribution in [0.4, 0.5) is 0 Å². The Hall–Kier alpha value is -0.870. The molecule has 0 radical (unpaired) electrons. The Balaban J connectivity index is 1.71. The molecule has 0 unspecified atom stereocenters. The van der Waals surface area contributed by atoms with Crippen molar-refractivity contribution in [3.63, 3.8) is 0 Å². The molecule has 2 N–H and O–H groups in total. The minimum atomic E-state index is -0.156. The summed E-state index contributed by atoms with van der Waals surface area (Å²) >= 11 is 3.51. The highest BCUT2D eigenvalue weighted by atomic mass is 79.9. The summed E-state index contributed by atoms with van der Waals surface area (Å²) in [6.07, 6.45) is 2.22. The van der Waals surface area contributed by atoms with Gasteiger partial charge >= 0.3 is 0 Å². The molecule has 0 bridgehead atoms. The Bertz CT molecular complexity index is 476. The predicted octanol–water partition coefficient (Wildman–Crippen LogP) is 3.20. The second-order valence-electron chi connectivity index (χ2n) is 6.60. The van der Waals surface area contributed by atoms with Gasteiger partial charge in [0.05, 0.1) is 6.54 Å². The van der Waals surface area contributed by atoms with Crippen molar-refractivity contribution >= 4 is 21.8 Å². The van der Waals surface area contributed by atoms with E-state index < -0.39 is 0 Å². The molecule has 0 spiro atoms. The fraction of sp³-hybridized carbons (Fsp3) is 0.562. The smallest absolute Gasteiger partial charge is 0.234 e. The van der Waals surface area contributed by atoms with Crippen LogP contribution in [0.25, 0.3) is 0 Å². The van der Waals surface area contributed by atoms with Gasteiger partial charge in [0.15, 0.2) is 0 Å². The van der Waals surface area contributed by atoms with E-state index in [1.54, 1.807) is 0 Å². The van der Waals surface area contributed by atoms with Gasteiger partial charge in [0.1, 0.15) is 0 Å². The van der Waals surface area contributed by atoms with Gasteiger partial charge < -0.3 is 10.6 Å². The first-order valence-electron chi connectivity index (χ1n) is 7.13. The standard InChI is InChI=1S/C16H23BrN2O/c1-16(2,3)19-15(20)10-18-14-8-12(9-14)11-5-4-6-13(17)7-11/h4-7,12,14,18H,8-10H2,1-3H3,(H,19,20). The maximum Gasteiger partial charge on any atom is 0.234 e. The molecule has 0 aromatic heterocycles. The number of carbonyl (C=O) groups is 1. The number of hydrogen-bond acceptors (Lipinski definition) is 2. The molecule has 2 rings (SSSR count). The number of carbonyl (C=O) groups excluding carboxylic acids is 1. The lowest BCUT2D eigenvalue weighted by molar-refractivity contribution is -0.121. The van der Waals surface area contributed by atoms with E-state index in [0.29, 0.717) is 18.5 Å². The minimum Gasteiger partial charge on any atom is -0.350 e. The van der Waals surface area contributed by atoms with Crippen LogP contribution in [0.15, 0.2) is 28.7 Å². The molecule has 1 aliphatic carbocycles. The molecule has 0 saturated heterocycles. The first-order chi connectivity index (χ1) is 9.33. The van der Waals surface area contributed by atoms with E-state index in [9.17, 15) is 4.79 Å². The summed E-state index contributed by atoms with van der Waals surface area (Å²) in [7, 11) is 0. The van der Waals surface area contributed by atoms with Gasteiger partial charge in [-0.2, -0.15) is 0 Å². The van der Waals surface area contributed by atoms with Crippen LogP contribution >= 0.6 is 15.9 Å². The normalized spacial score (nSPS) is 22.2. The first-order valence-corrected chi connectivity index (χ1v) is 7.92. The molecule has 0 heterocycles. The van der Waals surface area contributed by atoms with E-state index in [4.69, 9.17) is 0 Å². The van der Waals surface area contributed by atoms with Crippen LogP contribution in [-0.4, -0.2) is 24.0 Å². The topological polar surface area (TPSA) is 41.1 Å². The SMILES string of the molecule is CC(C)(C)NC(=O)CNC1CC(c2cccc(Br)c2)C1. The third-order valence-electron chi connectivity index (χ3n) is 3.52. The average molecular weight is 339 g/mol. The van der Waals surface area contributed by atoms with E-state index >= 15 is 0 Å². The number of benzene rings is 1. The monoisotopic (exact) mass is 338 g/mol. The summed E-state index contributed by atoms with van der Waals surface area (Å²) in [6.45, 7) is 6.40. The lowest BCUT2D eigenvalue weighted by Gasteiger charge is -2.36. The second kappa shape index (κ2) is 6.27. The van der Waals surface area contributed by atoms with Gasteiger partial charge in [0, 0.05) is 16.1 Å². The molecule has 1 aliphatic rings. The van der Waals surface area contributed by atoms with Crippen LogP contribution in [0.1, 0.15) is 45.1 Å². The Morgan fingerprint density at radius 1 is 1.35 bits per heavy atom. The van der Waals surface area contributed by atoms with Crippen LogP contribution in [0.5, 0.6) is 0 Å². The molecular formula is C16H23BrN2O. The molecule has 1 fully saturated rings. The van der Waals surface area contributed by atoms with Crippen molar-refractivity contribution in [3.05, 3.63) is 34.3 Å². The van der Waals surface area contributed by atoms with Crippen LogP contribution in [0, 0.1) is 0 Å². The van der Waals surface area contributed by atoms with Crippen LogP contribution in [0.3, 0.4) is 0 Å². The number of rotatable bonds is 4. The predicted molar refractivity (Wildman–Crippen MR) is 85.8 cm³/mol. The maximum absolute atomic E-state index is 11.7. The fourth-order valence-corrected chi connectivity index (χ4v) is 2.93. The number of nitrogens with one attached hydrogen (secondary N) is 2. The summed E-state index contributed by atoms with van der Waals surface area (Å²) in [5, 5.41) is 6.30. The summed E-state index contributed by atoms with van der Waals surface area (Å²) in [5.41, 5.74) is 1.23. The van der Waals surface area contributed by atoms with E-state index in [0.717, 1.165) is 17.3 Å². The lowest BCUT2D eigenvalue weighted by Crippen LogP contribution is -2.49. The first kappa shape index (κ1) is 15.5. The molecule has 0 aliphatic heterocycles. The van der Waals surface area contributed by atoms with E-state index in [2.05, 4.69) is 50.8 Å². The minimum absolute atomic E-state index is 0.0726. The van der Waals surface area contributed by atoms with Crippen LogP contribution < -0.4 is 10.6 Å². The molecular weight excluding hydrogens is 316 g/mol. The van der Waals surface area contributed by atoms with Crippen molar-refractivity contribution < 1.29 is 4.79 Å². The molecule has 1 amide bonds. The van der Waals surface area contributed by atoms with Gasteiger partial charge in [-0.1, -0.05) is 28.1 Å². The fourth-order valence-electron chi connectivity index (χ4n) is 2.52. The van der Waals surface area contributed by atoms with Crippen molar-refractivity contribution in [2.45, 2.75) is 51.1 Å². The molecule has 110 valence electrons. The number of halogens is 1. The van der Waals surface area contributed by atoms with Crippen molar-refractivity contribution in [2.24, 2.45) is 0 Å². The molecule has 1 aromatic carbocycles. The highest BCUT2D eigenvalue weighted by molar-refractivity contribution is 9.10. The Morgan fingerprint density at radius 3 is 2.65 bits per heavy atom. The van der Waals surface area contributed by atoms with E-state index in [-0.39, 0.29) is 11.4 Å². The van der Waals surface area contributed by atoms with Crippen LogP contribution in [0.2, 0.25) is 0 Å². The maximum atomic E-state index is 11.7. The second-order valence-corrected chi connectivity index (χ2v) is 7.52. The quantitative estimate of drug-likeness (QED) is 0.885. The van der Waals surface area contributed by atoms with E-state index in [1.807, 2.05) is 20.8 Å². The summed E-state index contributed by atoms with van der Waals surface area (Å²) in [4.78, 5) is 11.7. The third kappa shape index (κ3) is 4.60. The van der Waals surface area contributed by atoms with Gasteiger partial charge in [0.2, 0.25) is 5.91 Å². The van der Waals surface area contributed by atoms with Crippen molar-refractivity contribution in [1.82, 2.24) is 10.6 Å². The van der Waals surface area contributed by atoms with Gasteiger partial charge in [-0.25, -0.2) is 0 Å². The Kier molecular flexibility index (Phi) is 4.86. The molecule has 1 aromatic rings. The summed E-state index contributed by atoms with van der Waals surface area (Å²) < 4.78 is 1.14. The van der Waals surface area contributed by atoms with Gasteiger partial charge in [-0.15, -0.1) is 0 Å². The number of amides is 1. The van der Waals surface area contributed by atoms with Gasteiger partial charge in [-0.3, -0.25) is 4.79 Å². The molecule has 20 heavy (non-hydrogen) atoms. The zero-order valence-electron chi connectivity index (χ0n) is 12.4. The number of hydrogen-bond donors (Lipinski definition) is 2. The molecule has 1 saturated carbocycles. The Morgan fingerprint density at radius 2 is 2.05 bits per heavy atom. The Labute approximate surface area is 129 Å². The third-order valence-corrected chi connectivity index (χ3v) is 4.02. The zero-order valence-corrected chi connectivity index (χ0v) is 14.0. The summed E-state index contributed by atoms with van der Waals surface area (Å²) in [6, 6.07) is 8.96. The summed E-state index contributed by atoms with van der Waals surface area (Å²) in [5.74, 6) is 0.694. The highest BCUT2D eigenvalue weighted by Gasteiger charge is 2.30. The highest BCUT2D eigenvalue weighted by Crippen LogP contribution is 2.37. The molecule has 0 atom stereocenters. The lowest BCUT2D eigenvalue weighted by atomic mass is 9.76. The average Bonchev–Trinajstić information content (AvgIpc) is 2.24. The molecule has 4 heteroatoms. The zero-order chi connectivity index (χ0) is 14.8. The van der Waals surface area contributed by atoms with Crippen LogP contribution in [-0.2, 0) is 4.79 Å². The van der Waals surface area contributed by atoms with Gasteiger partial charge in [-0.05, 0) is 57.2 Å². The van der Waals surface area contributed by atoms with Crippen molar-refractivity contribution in [1.29, 1.82) is 0 Å². The van der Waals surface area contributed by atoms with Gasteiger partial charge in [0.25, 0.3) is 0 Å². The van der Waals surface area contributed by atoms with Crippen molar-refractivity contribution in [3.8, 4) is 0 Å². The molecule has 3 nitrogen and oxygen atoms in total.